The van der Waals surface area contributed by atoms with Crippen LogP contribution in [0.2, 0.25) is 0 Å². The van der Waals surface area contributed by atoms with E-state index in [-0.39, 0.29) is 17.1 Å². The molecule has 4 nitrogen and oxygen atoms in total. The Balaban J connectivity index is 3.07. The Morgan fingerprint density at radius 2 is 2.06 bits per heavy atom. The van der Waals surface area contributed by atoms with Crippen molar-refractivity contribution < 1.29 is 19.4 Å². The van der Waals surface area contributed by atoms with Gasteiger partial charge in [-0.1, -0.05) is 5.92 Å². The molecular formula is C12H10O4. The number of esters is 1. The lowest BCUT2D eigenvalue weighted by atomic mass is 10.1. The molecule has 0 saturated carbocycles. The van der Waals surface area contributed by atoms with Gasteiger partial charge in [0.25, 0.3) is 0 Å². The summed E-state index contributed by atoms with van der Waals surface area (Å²) < 4.78 is 4.34. The maximum Gasteiger partial charge on any atom is 0.384 e. The van der Waals surface area contributed by atoms with Crippen LogP contribution in [0.4, 0.5) is 0 Å². The number of ether oxygens (including phenoxy) is 1. The Bertz CT molecular complexity index is 491. The van der Waals surface area contributed by atoms with Crippen LogP contribution in [0.25, 0.3) is 0 Å². The number of carbonyl (C=O) groups excluding carboxylic acids is 2. The molecule has 0 atom stereocenters. The summed E-state index contributed by atoms with van der Waals surface area (Å²) in [5, 5.41) is 9.37. The van der Waals surface area contributed by atoms with Gasteiger partial charge in [0.05, 0.1) is 12.7 Å². The molecule has 0 aromatic heterocycles. The number of Topliss-reactive ketones (excluding diaryl/α,β-unsaturated/α-hetero) is 1. The molecule has 0 amide bonds. The quantitative estimate of drug-likeness (QED) is 0.436. The average molecular weight is 218 g/mol. The van der Waals surface area contributed by atoms with Crippen molar-refractivity contribution in [3.05, 3.63) is 29.3 Å². The van der Waals surface area contributed by atoms with Gasteiger partial charge in [-0.15, -0.1) is 0 Å². The van der Waals surface area contributed by atoms with Gasteiger partial charge in [0.2, 0.25) is 0 Å². The van der Waals surface area contributed by atoms with E-state index in [1.807, 2.05) is 0 Å². The van der Waals surface area contributed by atoms with E-state index in [0.717, 1.165) is 0 Å². The third-order valence-electron chi connectivity index (χ3n) is 1.87. The maximum atomic E-state index is 11.1. The van der Waals surface area contributed by atoms with Gasteiger partial charge in [0.15, 0.2) is 5.78 Å². The highest BCUT2D eigenvalue weighted by atomic mass is 16.5. The number of ketones is 1. The smallest absolute Gasteiger partial charge is 0.384 e. The summed E-state index contributed by atoms with van der Waals surface area (Å²) in [6.45, 7) is 1.34. The number of hydrogen-bond donors (Lipinski definition) is 1. The van der Waals surface area contributed by atoms with Crippen molar-refractivity contribution in [2.24, 2.45) is 0 Å². The van der Waals surface area contributed by atoms with Crippen LogP contribution >= 0.6 is 0 Å². The first kappa shape index (κ1) is 11.8. The van der Waals surface area contributed by atoms with E-state index in [1.165, 1.54) is 32.2 Å². The molecule has 0 saturated heterocycles. The average Bonchev–Trinajstić information content (AvgIpc) is 2.27. The molecule has 1 rings (SSSR count). The summed E-state index contributed by atoms with van der Waals surface area (Å²) in [5.41, 5.74) is 0.644. The zero-order valence-corrected chi connectivity index (χ0v) is 8.90. The molecule has 0 fully saturated rings. The van der Waals surface area contributed by atoms with Crippen LogP contribution in [-0.2, 0) is 9.53 Å². The minimum atomic E-state index is -0.655. The number of phenolic OH excluding ortho intramolecular Hbond substituents is 1. The molecule has 0 aliphatic heterocycles. The highest BCUT2D eigenvalue weighted by Crippen LogP contribution is 2.18. The molecule has 0 heterocycles. The van der Waals surface area contributed by atoms with Gasteiger partial charge in [0.1, 0.15) is 5.75 Å². The highest BCUT2D eigenvalue weighted by Gasteiger charge is 2.06. The standard InChI is InChI=1S/C12H10O4/c1-8(13)10-7-9(3-5-11(10)14)4-6-12(15)16-2/h3,5,7,14H,1-2H3. The highest BCUT2D eigenvalue weighted by molar-refractivity contribution is 5.97. The number of carbonyl (C=O) groups is 2. The topological polar surface area (TPSA) is 63.6 Å². The Hall–Kier alpha value is -2.28. The molecule has 0 spiro atoms. The summed E-state index contributed by atoms with van der Waals surface area (Å²) in [4.78, 5) is 21.9. The van der Waals surface area contributed by atoms with Crippen LogP contribution in [0.3, 0.4) is 0 Å². The van der Waals surface area contributed by atoms with E-state index in [4.69, 9.17) is 0 Å². The molecule has 0 bridgehead atoms. The van der Waals surface area contributed by atoms with Crippen molar-refractivity contribution in [2.75, 3.05) is 7.11 Å². The lowest BCUT2D eigenvalue weighted by molar-refractivity contribution is -0.133. The van der Waals surface area contributed by atoms with Crippen molar-refractivity contribution in [1.29, 1.82) is 0 Å². The molecule has 1 N–H and O–H groups in total. The predicted octanol–water partition coefficient (Wildman–Crippen LogP) is 1.12. The zero-order chi connectivity index (χ0) is 12.1. The fourth-order valence-corrected chi connectivity index (χ4v) is 1.07. The van der Waals surface area contributed by atoms with E-state index < -0.39 is 5.97 Å². The zero-order valence-electron chi connectivity index (χ0n) is 8.90. The second-order valence-corrected chi connectivity index (χ2v) is 3.03. The molecule has 0 aliphatic carbocycles. The number of aromatic hydroxyl groups is 1. The number of hydrogen-bond acceptors (Lipinski definition) is 4. The van der Waals surface area contributed by atoms with Crippen molar-refractivity contribution >= 4 is 11.8 Å². The molecule has 1 aromatic rings. The third kappa shape index (κ3) is 2.85. The lowest BCUT2D eigenvalue weighted by Crippen LogP contribution is -1.96. The van der Waals surface area contributed by atoms with Crippen LogP contribution in [0.1, 0.15) is 22.8 Å². The van der Waals surface area contributed by atoms with E-state index >= 15 is 0 Å². The first-order chi connectivity index (χ1) is 7.54. The Morgan fingerprint density at radius 1 is 1.38 bits per heavy atom. The molecule has 0 radical (unpaired) electrons. The lowest BCUT2D eigenvalue weighted by Gasteiger charge is -2.00. The van der Waals surface area contributed by atoms with E-state index in [9.17, 15) is 14.7 Å². The van der Waals surface area contributed by atoms with Crippen molar-refractivity contribution in [3.63, 3.8) is 0 Å². The Kier molecular flexibility index (Phi) is 3.67. The largest absolute Gasteiger partial charge is 0.507 e. The summed E-state index contributed by atoms with van der Waals surface area (Å²) in [6, 6.07) is 4.29. The summed E-state index contributed by atoms with van der Waals surface area (Å²) in [6.07, 6.45) is 0. The molecular weight excluding hydrogens is 208 g/mol. The van der Waals surface area contributed by atoms with Crippen LogP contribution < -0.4 is 0 Å². The first-order valence-corrected chi connectivity index (χ1v) is 4.48. The van der Waals surface area contributed by atoms with Gasteiger partial charge in [-0.25, -0.2) is 4.79 Å². The molecule has 82 valence electrons. The van der Waals surface area contributed by atoms with Crippen LogP contribution in [0, 0.1) is 11.8 Å². The number of methoxy groups -OCH3 is 1. The van der Waals surface area contributed by atoms with Gasteiger partial charge in [-0.05, 0) is 25.1 Å². The molecule has 16 heavy (non-hydrogen) atoms. The Labute approximate surface area is 92.9 Å². The minimum Gasteiger partial charge on any atom is -0.507 e. The Morgan fingerprint density at radius 3 is 2.62 bits per heavy atom. The van der Waals surface area contributed by atoms with E-state index in [0.29, 0.717) is 5.56 Å². The van der Waals surface area contributed by atoms with E-state index in [1.54, 1.807) is 0 Å². The van der Waals surface area contributed by atoms with Gasteiger partial charge >= 0.3 is 5.97 Å². The summed E-state index contributed by atoms with van der Waals surface area (Å²) >= 11 is 0. The maximum absolute atomic E-state index is 11.1. The number of rotatable bonds is 1. The van der Waals surface area contributed by atoms with Crippen molar-refractivity contribution in [3.8, 4) is 17.6 Å². The monoisotopic (exact) mass is 218 g/mol. The minimum absolute atomic E-state index is 0.101. The fourth-order valence-electron chi connectivity index (χ4n) is 1.07. The number of benzene rings is 1. The van der Waals surface area contributed by atoms with Gasteiger partial charge in [0, 0.05) is 11.5 Å². The third-order valence-corrected chi connectivity index (χ3v) is 1.87. The molecule has 4 heteroatoms. The summed E-state index contributed by atoms with van der Waals surface area (Å²) in [5.74, 6) is 3.74. The van der Waals surface area contributed by atoms with Gasteiger partial charge in [-0.3, -0.25) is 4.79 Å². The van der Waals surface area contributed by atoms with Gasteiger partial charge < -0.3 is 9.84 Å². The summed E-state index contributed by atoms with van der Waals surface area (Å²) in [7, 11) is 1.23. The SMILES string of the molecule is COC(=O)C#Cc1ccc(O)c(C(C)=O)c1. The fraction of sp³-hybridized carbons (Fsp3) is 0.167. The van der Waals surface area contributed by atoms with Crippen molar-refractivity contribution in [2.45, 2.75) is 6.92 Å². The molecule has 0 unspecified atom stereocenters. The molecule has 1 aromatic carbocycles. The molecule has 0 aliphatic rings. The first-order valence-electron chi connectivity index (χ1n) is 4.48. The van der Waals surface area contributed by atoms with Crippen LogP contribution in [0.15, 0.2) is 18.2 Å². The second-order valence-electron chi connectivity index (χ2n) is 3.03. The van der Waals surface area contributed by atoms with E-state index in [2.05, 4.69) is 16.6 Å². The van der Waals surface area contributed by atoms with Crippen molar-refractivity contribution in [1.82, 2.24) is 0 Å². The number of phenols is 1. The van der Waals surface area contributed by atoms with Crippen LogP contribution in [0.5, 0.6) is 5.75 Å². The predicted molar refractivity (Wildman–Crippen MR) is 57.0 cm³/mol. The van der Waals surface area contributed by atoms with Gasteiger partial charge in [-0.2, -0.15) is 0 Å². The second kappa shape index (κ2) is 4.99. The van der Waals surface area contributed by atoms with Crippen LogP contribution in [-0.4, -0.2) is 24.0 Å². The normalized spacial score (nSPS) is 8.88.